The molecule has 0 aliphatic rings. The number of benzene rings is 1. The topological polar surface area (TPSA) is 42.9 Å². The second kappa shape index (κ2) is 4.57. The number of carbonyl (C=O) groups excluding carboxylic acids is 1. The van der Waals surface area contributed by atoms with Crippen molar-refractivity contribution in [2.24, 2.45) is 0 Å². The van der Waals surface area contributed by atoms with Crippen molar-refractivity contribution in [1.29, 1.82) is 0 Å². The van der Waals surface area contributed by atoms with Crippen LogP contribution in [0.2, 0.25) is 0 Å². The number of ketones is 1. The first-order chi connectivity index (χ1) is 9.25. The lowest BCUT2D eigenvalue weighted by Gasteiger charge is -2.03. The molecular formula is C15H9FN2O. The zero-order valence-electron chi connectivity index (χ0n) is 9.88. The molecule has 0 saturated carbocycles. The quantitative estimate of drug-likeness (QED) is 0.658. The van der Waals surface area contributed by atoms with Crippen LogP contribution in [0.25, 0.3) is 10.9 Å². The molecule has 3 aromatic rings. The molecule has 3 nitrogen and oxygen atoms in total. The van der Waals surface area contributed by atoms with Crippen LogP contribution in [0.3, 0.4) is 0 Å². The van der Waals surface area contributed by atoms with Crippen LogP contribution in [0, 0.1) is 5.82 Å². The maximum atomic E-state index is 13.5. The first-order valence-electron chi connectivity index (χ1n) is 5.75. The smallest absolute Gasteiger partial charge is 0.196 e. The molecule has 0 aliphatic heterocycles. The Morgan fingerprint density at radius 2 is 2.00 bits per heavy atom. The van der Waals surface area contributed by atoms with E-state index in [0.29, 0.717) is 5.56 Å². The average Bonchev–Trinajstić information content (AvgIpc) is 2.46. The third-order valence-electron chi connectivity index (χ3n) is 2.88. The molecule has 0 fully saturated rings. The van der Waals surface area contributed by atoms with Gasteiger partial charge in [-0.15, -0.1) is 0 Å². The van der Waals surface area contributed by atoms with Crippen molar-refractivity contribution < 1.29 is 9.18 Å². The maximum Gasteiger partial charge on any atom is 0.196 e. The van der Waals surface area contributed by atoms with E-state index in [1.165, 1.54) is 12.3 Å². The van der Waals surface area contributed by atoms with Crippen molar-refractivity contribution >= 4 is 16.7 Å². The van der Waals surface area contributed by atoms with Gasteiger partial charge in [-0.05, 0) is 30.3 Å². The van der Waals surface area contributed by atoms with E-state index in [0.717, 1.165) is 17.1 Å². The van der Waals surface area contributed by atoms with Gasteiger partial charge in [-0.3, -0.25) is 14.8 Å². The molecule has 0 saturated heterocycles. The largest absolute Gasteiger partial charge is 0.288 e. The second-order valence-corrected chi connectivity index (χ2v) is 4.10. The van der Waals surface area contributed by atoms with Crippen LogP contribution in [-0.2, 0) is 0 Å². The van der Waals surface area contributed by atoms with Gasteiger partial charge in [-0.2, -0.15) is 0 Å². The zero-order valence-corrected chi connectivity index (χ0v) is 9.88. The van der Waals surface area contributed by atoms with Crippen molar-refractivity contribution in [3.63, 3.8) is 0 Å². The average molecular weight is 252 g/mol. The highest BCUT2D eigenvalue weighted by Crippen LogP contribution is 2.17. The molecule has 2 aromatic heterocycles. The Hall–Kier alpha value is -2.62. The molecule has 3 rings (SSSR count). The fourth-order valence-electron chi connectivity index (χ4n) is 1.93. The number of hydrogen-bond donors (Lipinski definition) is 0. The van der Waals surface area contributed by atoms with Gasteiger partial charge in [0, 0.05) is 23.3 Å². The van der Waals surface area contributed by atoms with Gasteiger partial charge < -0.3 is 0 Å². The molecule has 0 aliphatic carbocycles. The summed E-state index contributed by atoms with van der Waals surface area (Å²) in [6, 6.07) is 10.2. The molecule has 0 amide bonds. The van der Waals surface area contributed by atoms with Crippen LogP contribution < -0.4 is 0 Å². The fraction of sp³-hybridized carbons (Fsp3) is 0. The number of nitrogens with zero attached hydrogens (tertiary/aromatic N) is 2. The minimum absolute atomic E-state index is 0.0261. The zero-order chi connectivity index (χ0) is 13.2. The highest BCUT2D eigenvalue weighted by molar-refractivity contribution is 6.10. The summed E-state index contributed by atoms with van der Waals surface area (Å²) in [7, 11) is 0. The number of pyridine rings is 2. The van der Waals surface area contributed by atoms with Crippen molar-refractivity contribution in [3.05, 3.63) is 71.9 Å². The van der Waals surface area contributed by atoms with Crippen molar-refractivity contribution in [2.75, 3.05) is 0 Å². The first-order valence-corrected chi connectivity index (χ1v) is 5.75. The highest BCUT2D eigenvalue weighted by atomic mass is 19.1. The lowest BCUT2D eigenvalue weighted by Crippen LogP contribution is -2.04. The number of carbonyl (C=O) groups is 1. The van der Waals surface area contributed by atoms with Gasteiger partial charge >= 0.3 is 0 Å². The molecule has 0 unspecified atom stereocenters. The Balaban J connectivity index is 2.09. The van der Waals surface area contributed by atoms with Gasteiger partial charge in [0.15, 0.2) is 11.6 Å². The number of hydrogen-bond acceptors (Lipinski definition) is 3. The van der Waals surface area contributed by atoms with E-state index in [-0.39, 0.29) is 11.3 Å². The molecule has 19 heavy (non-hydrogen) atoms. The Morgan fingerprint density at radius 3 is 2.84 bits per heavy atom. The van der Waals surface area contributed by atoms with Gasteiger partial charge in [0.05, 0.1) is 17.3 Å². The summed E-state index contributed by atoms with van der Waals surface area (Å²) in [5.41, 5.74) is 1.26. The lowest BCUT2D eigenvalue weighted by molar-refractivity contribution is 0.103. The second-order valence-electron chi connectivity index (χ2n) is 4.10. The lowest BCUT2D eigenvalue weighted by atomic mass is 10.0. The molecule has 1 aromatic carbocycles. The van der Waals surface area contributed by atoms with E-state index in [4.69, 9.17) is 0 Å². The molecule has 0 radical (unpaired) electrons. The van der Waals surface area contributed by atoms with Crippen molar-refractivity contribution in [3.8, 4) is 0 Å². The normalized spacial score (nSPS) is 10.6. The van der Waals surface area contributed by atoms with Gasteiger partial charge in [-0.1, -0.05) is 6.07 Å². The Bertz CT molecular complexity index is 771. The Labute approximate surface area is 108 Å². The Kier molecular flexibility index (Phi) is 2.76. The molecule has 2 heterocycles. The third kappa shape index (κ3) is 2.08. The summed E-state index contributed by atoms with van der Waals surface area (Å²) in [5, 5.41) is 0.850. The summed E-state index contributed by atoms with van der Waals surface area (Å²) in [5.74, 6) is -0.968. The minimum atomic E-state index is -0.612. The standard InChI is InChI=1S/C15H9FN2O/c16-13-9-17-7-5-12(13)15(19)11-3-4-14-10(8-11)2-1-6-18-14/h1-9H. The highest BCUT2D eigenvalue weighted by Gasteiger charge is 2.14. The van der Waals surface area contributed by atoms with Crippen LogP contribution >= 0.6 is 0 Å². The molecule has 0 N–H and O–H groups in total. The first kappa shape index (κ1) is 11.5. The molecule has 4 heteroatoms. The molecule has 0 bridgehead atoms. The van der Waals surface area contributed by atoms with Crippen LogP contribution in [-0.4, -0.2) is 15.8 Å². The van der Waals surface area contributed by atoms with E-state index in [1.807, 2.05) is 6.07 Å². The van der Waals surface area contributed by atoms with E-state index < -0.39 is 5.82 Å². The van der Waals surface area contributed by atoms with Crippen LogP contribution in [0.15, 0.2) is 55.0 Å². The van der Waals surface area contributed by atoms with Gasteiger partial charge in [0.25, 0.3) is 0 Å². The van der Waals surface area contributed by atoms with E-state index in [9.17, 15) is 9.18 Å². The third-order valence-corrected chi connectivity index (χ3v) is 2.88. The molecular weight excluding hydrogens is 243 g/mol. The molecule has 92 valence electrons. The van der Waals surface area contributed by atoms with Crippen LogP contribution in [0.1, 0.15) is 15.9 Å². The maximum absolute atomic E-state index is 13.5. The summed E-state index contributed by atoms with van der Waals surface area (Å²) < 4.78 is 13.5. The van der Waals surface area contributed by atoms with Gasteiger partial charge in [-0.25, -0.2) is 4.39 Å². The number of aromatic nitrogens is 2. The number of halogens is 1. The van der Waals surface area contributed by atoms with Crippen LogP contribution in [0.5, 0.6) is 0 Å². The Morgan fingerprint density at radius 1 is 1.11 bits per heavy atom. The summed E-state index contributed by atoms with van der Waals surface area (Å²) in [6.07, 6.45) is 4.13. The van der Waals surface area contributed by atoms with Crippen molar-refractivity contribution in [2.45, 2.75) is 0 Å². The van der Waals surface area contributed by atoms with E-state index in [2.05, 4.69) is 9.97 Å². The van der Waals surface area contributed by atoms with Crippen LogP contribution in [0.4, 0.5) is 4.39 Å². The SMILES string of the molecule is O=C(c1ccc2ncccc2c1)c1ccncc1F. The number of rotatable bonds is 2. The summed E-state index contributed by atoms with van der Waals surface area (Å²) in [4.78, 5) is 20.0. The predicted octanol–water partition coefficient (Wildman–Crippen LogP) is 3.00. The van der Waals surface area contributed by atoms with Gasteiger partial charge in [0.1, 0.15) is 0 Å². The molecule has 0 atom stereocenters. The van der Waals surface area contributed by atoms with E-state index >= 15 is 0 Å². The van der Waals surface area contributed by atoms with Crippen molar-refractivity contribution in [1.82, 2.24) is 9.97 Å². The monoisotopic (exact) mass is 252 g/mol. The number of fused-ring (bicyclic) bond motifs is 1. The fourth-order valence-corrected chi connectivity index (χ4v) is 1.93. The summed E-state index contributed by atoms with van der Waals surface area (Å²) >= 11 is 0. The minimum Gasteiger partial charge on any atom is -0.288 e. The molecule has 0 spiro atoms. The van der Waals surface area contributed by atoms with Gasteiger partial charge in [0.2, 0.25) is 0 Å². The summed E-state index contributed by atoms with van der Waals surface area (Å²) in [6.45, 7) is 0. The predicted molar refractivity (Wildman–Crippen MR) is 69.4 cm³/mol. The van der Waals surface area contributed by atoms with E-state index in [1.54, 1.807) is 30.5 Å².